The van der Waals surface area contributed by atoms with Crippen LogP contribution in [0, 0.1) is 20.8 Å². The van der Waals surface area contributed by atoms with Gasteiger partial charge in [-0.3, -0.25) is 4.68 Å². The Hall–Kier alpha value is -1.61. The van der Waals surface area contributed by atoms with Gasteiger partial charge in [-0.25, -0.2) is 0 Å². The first kappa shape index (κ1) is 13.8. The maximum absolute atomic E-state index is 10.3. The number of hydrogen-bond acceptors (Lipinski definition) is 2. The first-order valence-corrected chi connectivity index (χ1v) is 6.72. The summed E-state index contributed by atoms with van der Waals surface area (Å²) in [5.74, 6) is 0. The van der Waals surface area contributed by atoms with Crippen LogP contribution in [0.3, 0.4) is 0 Å². The van der Waals surface area contributed by atoms with Crippen LogP contribution < -0.4 is 0 Å². The molecule has 19 heavy (non-hydrogen) atoms. The van der Waals surface area contributed by atoms with Crippen molar-refractivity contribution in [3.63, 3.8) is 0 Å². The highest BCUT2D eigenvalue weighted by molar-refractivity contribution is 5.26. The summed E-state index contributed by atoms with van der Waals surface area (Å²) in [6, 6.07) is 8.08. The summed E-state index contributed by atoms with van der Waals surface area (Å²) in [4.78, 5) is 0. The fraction of sp³-hybridized carbons (Fsp3) is 0.438. The number of benzene rings is 1. The lowest BCUT2D eigenvalue weighted by atomic mass is 9.99. The third kappa shape index (κ3) is 3.04. The molecule has 2 rings (SSSR count). The standard InChI is InChI=1S/C16H22N2O/c1-11-6-5-7-14(10-11)16(19)9-8-15-12(2)17-18(4)13(15)3/h5-7,10,16,19H,8-9H2,1-4H3. The fourth-order valence-corrected chi connectivity index (χ4v) is 2.50. The van der Waals surface area contributed by atoms with Crippen molar-refractivity contribution >= 4 is 0 Å². The smallest absolute Gasteiger partial charge is 0.0793 e. The highest BCUT2D eigenvalue weighted by Crippen LogP contribution is 2.22. The average Bonchev–Trinajstić information content (AvgIpc) is 2.61. The summed E-state index contributed by atoms with van der Waals surface area (Å²) >= 11 is 0. The van der Waals surface area contributed by atoms with E-state index >= 15 is 0 Å². The molecule has 0 saturated carbocycles. The van der Waals surface area contributed by atoms with Gasteiger partial charge in [0, 0.05) is 12.7 Å². The summed E-state index contributed by atoms with van der Waals surface area (Å²) < 4.78 is 1.91. The van der Waals surface area contributed by atoms with E-state index in [1.807, 2.05) is 49.8 Å². The van der Waals surface area contributed by atoms with Crippen LogP contribution in [-0.4, -0.2) is 14.9 Å². The second-order valence-corrected chi connectivity index (χ2v) is 5.24. The quantitative estimate of drug-likeness (QED) is 0.915. The summed E-state index contributed by atoms with van der Waals surface area (Å²) in [6.07, 6.45) is 1.19. The van der Waals surface area contributed by atoms with Crippen LogP contribution in [0.2, 0.25) is 0 Å². The van der Waals surface area contributed by atoms with Gasteiger partial charge in [0.15, 0.2) is 0 Å². The summed E-state index contributed by atoms with van der Waals surface area (Å²) in [7, 11) is 1.96. The zero-order chi connectivity index (χ0) is 14.0. The van der Waals surface area contributed by atoms with Gasteiger partial charge < -0.3 is 5.11 Å². The highest BCUT2D eigenvalue weighted by Gasteiger charge is 2.13. The zero-order valence-corrected chi connectivity index (χ0v) is 12.1. The Morgan fingerprint density at radius 2 is 2.00 bits per heavy atom. The summed E-state index contributed by atoms with van der Waals surface area (Å²) in [5, 5.41) is 14.7. The molecule has 0 aliphatic heterocycles. The Kier molecular flexibility index (Phi) is 4.05. The molecule has 102 valence electrons. The number of aliphatic hydroxyl groups is 1. The Morgan fingerprint density at radius 1 is 1.26 bits per heavy atom. The molecule has 0 spiro atoms. The topological polar surface area (TPSA) is 38.1 Å². The number of hydrogen-bond donors (Lipinski definition) is 1. The SMILES string of the molecule is Cc1cccc(C(O)CCc2c(C)nn(C)c2C)c1. The van der Waals surface area contributed by atoms with Crippen molar-refractivity contribution in [2.75, 3.05) is 0 Å². The summed E-state index contributed by atoms with van der Waals surface area (Å²) in [5.41, 5.74) is 5.70. The lowest BCUT2D eigenvalue weighted by Crippen LogP contribution is -2.01. The highest BCUT2D eigenvalue weighted by atomic mass is 16.3. The molecule has 3 heteroatoms. The zero-order valence-electron chi connectivity index (χ0n) is 12.1. The van der Waals surface area contributed by atoms with Crippen molar-refractivity contribution in [1.29, 1.82) is 0 Å². The van der Waals surface area contributed by atoms with E-state index in [-0.39, 0.29) is 0 Å². The van der Waals surface area contributed by atoms with Gasteiger partial charge in [-0.05, 0) is 44.7 Å². The second-order valence-electron chi connectivity index (χ2n) is 5.24. The molecule has 0 saturated heterocycles. The molecule has 0 aliphatic carbocycles. The van der Waals surface area contributed by atoms with Gasteiger partial charge in [0.2, 0.25) is 0 Å². The van der Waals surface area contributed by atoms with Crippen LogP contribution >= 0.6 is 0 Å². The molecule has 1 N–H and O–H groups in total. The lowest BCUT2D eigenvalue weighted by Gasteiger charge is -2.12. The van der Waals surface area contributed by atoms with Crippen LogP contribution in [0.5, 0.6) is 0 Å². The minimum Gasteiger partial charge on any atom is -0.388 e. The Labute approximate surface area is 114 Å². The van der Waals surface area contributed by atoms with E-state index in [1.54, 1.807) is 0 Å². The fourth-order valence-electron chi connectivity index (χ4n) is 2.50. The molecule has 0 amide bonds. The van der Waals surface area contributed by atoms with Gasteiger partial charge in [0.25, 0.3) is 0 Å². The predicted molar refractivity (Wildman–Crippen MR) is 77.1 cm³/mol. The van der Waals surface area contributed by atoms with Gasteiger partial charge >= 0.3 is 0 Å². The first-order valence-electron chi connectivity index (χ1n) is 6.72. The van der Waals surface area contributed by atoms with Crippen molar-refractivity contribution < 1.29 is 5.11 Å². The van der Waals surface area contributed by atoms with E-state index in [9.17, 15) is 5.11 Å². The third-order valence-corrected chi connectivity index (χ3v) is 3.75. The molecule has 1 unspecified atom stereocenters. The number of aromatic nitrogens is 2. The van der Waals surface area contributed by atoms with E-state index < -0.39 is 6.10 Å². The van der Waals surface area contributed by atoms with Crippen molar-refractivity contribution in [1.82, 2.24) is 9.78 Å². The molecule has 1 aromatic carbocycles. The van der Waals surface area contributed by atoms with Crippen molar-refractivity contribution in [2.45, 2.75) is 39.7 Å². The second kappa shape index (κ2) is 5.57. The number of rotatable bonds is 4. The normalized spacial score (nSPS) is 12.7. The predicted octanol–water partition coefficient (Wildman–Crippen LogP) is 3.01. The van der Waals surface area contributed by atoms with Gasteiger partial charge in [0.1, 0.15) is 0 Å². The van der Waals surface area contributed by atoms with E-state index in [1.165, 1.54) is 16.8 Å². The minimum atomic E-state index is -0.404. The van der Waals surface area contributed by atoms with Crippen LogP contribution in [-0.2, 0) is 13.5 Å². The van der Waals surface area contributed by atoms with Gasteiger partial charge in [-0.15, -0.1) is 0 Å². The maximum atomic E-state index is 10.3. The van der Waals surface area contributed by atoms with Gasteiger partial charge in [-0.2, -0.15) is 5.10 Å². The largest absolute Gasteiger partial charge is 0.388 e. The van der Waals surface area contributed by atoms with Crippen LogP contribution in [0.4, 0.5) is 0 Å². The first-order chi connectivity index (χ1) is 8.99. The van der Waals surface area contributed by atoms with Crippen LogP contribution in [0.15, 0.2) is 24.3 Å². The number of aliphatic hydroxyl groups excluding tert-OH is 1. The molecule has 1 atom stereocenters. The van der Waals surface area contributed by atoms with E-state index in [2.05, 4.69) is 12.0 Å². The molecule has 2 aromatic rings. The van der Waals surface area contributed by atoms with Gasteiger partial charge in [0.05, 0.1) is 11.8 Å². The van der Waals surface area contributed by atoms with E-state index in [0.717, 1.165) is 24.1 Å². The third-order valence-electron chi connectivity index (χ3n) is 3.75. The lowest BCUT2D eigenvalue weighted by molar-refractivity contribution is 0.167. The van der Waals surface area contributed by atoms with E-state index in [4.69, 9.17) is 0 Å². The number of aryl methyl sites for hydroxylation is 3. The van der Waals surface area contributed by atoms with Crippen LogP contribution in [0.1, 0.15) is 40.6 Å². The molecule has 1 heterocycles. The maximum Gasteiger partial charge on any atom is 0.0793 e. The monoisotopic (exact) mass is 258 g/mol. The van der Waals surface area contributed by atoms with Crippen molar-refractivity contribution in [3.05, 3.63) is 52.3 Å². The van der Waals surface area contributed by atoms with Crippen molar-refractivity contribution in [2.24, 2.45) is 7.05 Å². The Bertz CT molecular complexity index is 572. The minimum absolute atomic E-state index is 0.404. The molecule has 0 fully saturated rings. The molecule has 0 bridgehead atoms. The Balaban J connectivity index is 2.06. The summed E-state index contributed by atoms with van der Waals surface area (Å²) in [6.45, 7) is 6.15. The average molecular weight is 258 g/mol. The van der Waals surface area contributed by atoms with Crippen molar-refractivity contribution in [3.8, 4) is 0 Å². The van der Waals surface area contributed by atoms with Crippen LogP contribution in [0.25, 0.3) is 0 Å². The molecular weight excluding hydrogens is 236 g/mol. The molecule has 0 radical (unpaired) electrons. The van der Waals surface area contributed by atoms with Gasteiger partial charge in [-0.1, -0.05) is 29.8 Å². The Morgan fingerprint density at radius 3 is 2.58 bits per heavy atom. The number of nitrogens with zero attached hydrogens (tertiary/aromatic N) is 2. The molecule has 3 nitrogen and oxygen atoms in total. The molecular formula is C16H22N2O. The van der Waals surface area contributed by atoms with E-state index in [0.29, 0.717) is 0 Å². The molecule has 1 aromatic heterocycles. The molecule has 0 aliphatic rings.